The van der Waals surface area contributed by atoms with Gasteiger partial charge in [0, 0.05) is 24.9 Å². The smallest absolute Gasteiger partial charge is 0.0180 e. The summed E-state index contributed by atoms with van der Waals surface area (Å²) in [6.07, 6.45) is 5.98. The van der Waals surface area contributed by atoms with Gasteiger partial charge in [-0.05, 0) is 50.4 Å². The molecule has 0 aromatic carbocycles. The molecule has 0 fully saturated rings. The Bertz CT molecular complexity index is 227. The van der Waals surface area contributed by atoms with Crippen LogP contribution in [0.4, 0.5) is 0 Å². The quantitative estimate of drug-likeness (QED) is 0.584. The molecule has 0 rings (SSSR count). The molecule has 2 nitrogen and oxygen atoms in total. The van der Waals surface area contributed by atoms with Gasteiger partial charge < -0.3 is 10.2 Å². The Labute approximate surface area is 132 Å². The summed E-state index contributed by atoms with van der Waals surface area (Å²) in [5.41, 5.74) is 0.426. The third-order valence-electron chi connectivity index (χ3n) is 4.59. The van der Waals surface area contributed by atoms with Gasteiger partial charge in [0.25, 0.3) is 0 Å². The van der Waals surface area contributed by atoms with Gasteiger partial charge in [-0.3, -0.25) is 0 Å². The predicted octanol–water partition coefficient (Wildman–Crippen LogP) is 4.11. The fourth-order valence-electron chi connectivity index (χ4n) is 2.81. The molecule has 20 heavy (non-hydrogen) atoms. The van der Waals surface area contributed by atoms with E-state index in [0.717, 1.165) is 19.0 Å². The molecule has 0 aliphatic heterocycles. The van der Waals surface area contributed by atoms with Crippen LogP contribution in [0.15, 0.2) is 0 Å². The van der Waals surface area contributed by atoms with Crippen LogP contribution in [0.5, 0.6) is 0 Å². The standard InChI is InChI=1S/C17H38N2S/c1-8-16(12-20-7)19(6)14-17(9-2,10-3)13-18-11-15(4)5/h15-16,18H,8-14H2,1-7H3. The SMILES string of the molecule is CCC(CSC)N(C)CC(CC)(CC)CNCC(C)C. The van der Waals surface area contributed by atoms with Crippen LogP contribution in [0.2, 0.25) is 0 Å². The van der Waals surface area contributed by atoms with E-state index in [1.165, 1.54) is 31.6 Å². The topological polar surface area (TPSA) is 15.3 Å². The van der Waals surface area contributed by atoms with Crippen molar-refractivity contribution in [2.45, 2.75) is 59.9 Å². The summed E-state index contributed by atoms with van der Waals surface area (Å²) in [6, 6.07) is 0.715. The summed E-state index contributed by atoms with van der Waals surface area (Å²) >= 11 is 1.97. The lowest BCUT2D eigenvalue weighted by atomic mass is 9.81. The molecule has 0 aromatic heterocycles. The molecule has 0 saturated heterocycles. The van der Waals surface area contributed by atoms with Crippen molar-refractivity contribution in [1.29, 1.82) is 0 Å². The number of hydrogen-bond acceptors (Lipinski definition) is 3. The molecule has 0 aliphatic carbocycles. The van der Waals surface area contributed by atoms with Crippen molar-refractivity contribution in [1.82, 2.24) is 10.2 Å². The number of hydrogen-bond donors (Lipinski definition) is 1. The molecule has 122 valence electrons. The van der Waals surface area contributed by atoms with Crippen LogP contribution in [0.3, 0.4) is 0 Å². The summed E-state index contributed by atoms with van der Waals surface area (Å²) in [5, 5.41) is 3.69. The highest BCUT2D eigenvalue weighted by Crippen LogP contribution is 2.28. The van der Waals surface area contributed by atoms with Gasteiger partial charge in [-0.25, -0.2) is 0 Å². The molecule has 3 heteroatoms. The average molecular weight is 303 g/mol. The van der Waals surface area contributed by atoms with E-state index in [0.29, 0.717) is 11.5 Å². The van der Waals surface area contributed by atoms with Gasteiger partial charge in [0.15, 0.2) is 0 Å². The van der Waals surface area contributed by atoms with Crippen LogP contribution in [0.1, 0.15) is 53.9 Å². The maximum Gasteiger partial charge on any atom is 0.0180 e. The molecule has 0 aromatic rings. The Morgan fingerprint density at radius 2 is 1.75 bits per heavy atom. The van der Waals surface area contributed by atoms with Gasteiger partial charge in [0.1, 0.15) is 0 Å². The Morgan fingerprint density at radius 3 is 2.15 bits per heavy atom. The number of nitrogens with one attached hydrogen (secondary N) is 1. The van der Waals surface area contributed by atoms with E-state index in [1.54, 1.807) is 0 Å². The lowest BCUT2D eigenvalue weighted by Gasteiger charge is -2.39. The molecule has 1 N–H and O–H groups in total. The minimum atomic E-state index is 0.426. The summed E-state index contributed by atoms with van der Waals surface area (Å²) in [7, 11) is 2.31. The van der Waals surface area contributed by atoms with Crippen molar-refractivity contribution in [2.24, 2.45) is 11.3 Å². The van der Waals surface area contributed by atoms with Crippen LogP contribution in [0, 0.1) is 11.3 Å². The molecule has 0 radical (unpaired) electrons. The zero-order valence-corrected chi connectivity index (χ0v) is 15.8. The maximum absolute atomic E-state index is 3.69. The van der Waals surface area contributed by atoms with Gasteiger partial charge >= 0.3 is 0 Å². The highest BCUT2D eigenvalue weighted by atomic mass is 32.2. The first-order valence-electron chi connectivity index (χ1n) is 8.34. The van der Waals surface area contributed by atoms with Gasteiger partial charge in [-0.15, -0.1) is 0 Å². The highest BCUT2D eigenvalue weighted by molar-refractivity contribution is 7.98. The molecule has 1 atom stereocenters. The second-order valence-corrected chi connectivity index (χ2v) is 7.58. The van der Waals surface area contributed by atoms with Crippen molar-refractivity contribution >= 4 is 11.8 Å². The summed E-state index contributed by atoms with van der Waals surface area (Å²) in [4.78, 5) is 2.60. The molecule has 0 amide bonds. The van der Waals surface area contributed by atoms with Gasteiger partial charge in [0.05, 0.1) is 0 Å². The van der Waals surface area contributed by atoms with Crippen molar-refractivity contribution < 1.29 is 0 Å². The second-order valence-electron chi connectivity index (χ2n) is 6.66. The Morgan fingerprint density at radius 1 is 1.15 bits per heavy atom. The Balaban J connectivity index is 4.55. The lowest BCUT2D eigenvalue weighted by Crippen LogP contribution is -2.46. The molecule has 0 bridgehead atoms. The van der Waals surface area contributed by atoms with Gasteiger partial charge in [-0.2, -0.15) is 11.8 Å². The minimum absolute atomic E-state index is 0.426. The van der Waals surface area contributed by atoms with Crippen molar-refractivity contribution in [3.05, 3.63) is 0 Å². The highest BCUT2D eigenvalue weighted by Gasteiger charge is 2.29. The summed E-state index contributed by atoms with van der Waals surface area (Å²) in [5.74, 6) is 1.98. The van der Waals surface area contributed by atoms with E-state index >= 15 is 0 Å². The Hall–Kier alpha value is 0.270. The minimum Gasteiger partial charge on any atom is -0.316 e. The van der Waals surface area contributed by atoms with Gasteiger partial charge in [-0.1, -0.05) is 34.6 Å². The molecular weight excluding hydrogens is 264 g/mol. The van der Waals surface area contributed by atoms with Crippen molar-refractivity contribution in [3.63, 3.8) is 0 Å². The average Bonchev–Trinajstić information content (AvgIpc) is 2.42. The number of rotatable bonds is 12. The fourth-order valence-corrected chi connectivity index (χ4v) is 3.69. The van der Waals surface area contributed by atoms with Crippen molar-refractivity contribution in [2.75, 3.05) is 38.7 Å². The largest absolute Gasteiger partial charge is 0.316 e. The monoisotopic (exact) mass is 302 g/mol. The third-order valence-corrected chi connectivity index (χ3v) is 5.31. The first-order valence-corrected chi connectivity index (χ1v) is 9.73. The van der Waals surface area contributed by atoms with Crippen molar-refractivity contribution in [3.8, 4) is 0 Å². The molecule has 0 aliphatic rings. The maximum atomic E-state index is 3.69. The summed E-state index contributed by atoms with van der Waals surface area (Å²) < 4.78 is 0. The van der Waals surface area contributed by atoms with Crippen LogP contribution < -0.4 is 5.32 Å². The zero-order valence-electron chi connectivity index (χ0n) is 15.0. The van der Waals surface area contributed by atoms with E-state index < -0.39 is 0 Å². The number of nitrogens with zero attached hydrogens (tertiary/aromatic N) is 1. The summed E-state index contributed by atoms with van der Waals surface area (Å²) in [6.45, 7) is 15.1. The van der Waals surface area contributed by atoms with E-state index in [1.807, 2.05) is 11.8 Å². The first kappa shape index (κ1) is 20.3. The normalized spacial score (nSPS) is 14.2. The predicted molar refractivity (Wildman–Crippen MR) is 95.8 cm³/mol. The van der Waals surface area contributed by atoms with Crippen LogP contribution >= 0.6 is 11.8 Å². The van der Waals surface area contributed by atoms with Crippen LogP contribution in [0.25, 0.3) is 0 Å². The second kappa shape index (κ2) is 10.9. The van der Waals surface area contributed by atoms with Crippen LogP contribution in [-0.4, -0.2) is 49.6 Å². The Kier molecular flexibility index (Phi) is 11.1. The number of thioether (sulfide) groups is 1. The lowest BCUT2D eigenvalue weighted by molar-refractivity contribution is 0.126. The molecule has 0 heterocycles. The van der Waals surface area contributed by atoms with Gasteiger partial charge in [0.2, 0.25) is 0 Å². The zero-order chi connectivity index (χ0) is 15.6. The first-order chi connectivity index (χ1) is 9.44. The fraction of sp³-hybridized carbons (Fsp3) is 1.00. The molecule has 0 spiro atoms. The molecule has 1 unspecified atom stereocenters. The molecular formula is C17H38N2S. The van der Waals surface area contributed by atoms with E-state index in [4.69, 9.17) is 0 Å². The third kappa shape index (κ3) is 7.33. The van der Waals surface area contributed by atoms with E-state index in [-0.39, 0.29) is 0 Å². The molecule has 0 saturated carbocycles. The van der Waals surface area contributed by atoms with E-state index in [2.05, 4.69) is 58.1 Å². The van der Waals surface area contributed by atoms with E-state index in [9.17, 15) is 0 Å². The van der Waals surface area contributed by atoms with Crippen LogP contribution in [-0.2, 0) is 0 Å².